The van der Waals surface area contributed by atoms with E-state index in [4.69, 9.17) is 10.5 Å². The Morgan fingerprint density at radius 2 is 2.24 bits per heavy atom. The Bertz CT molecular complexity index is 685. The van der Waals surface area contributed by atoms with Gasteiger partial charge in [-0.3, -0.25) is 4.68 Å². The lowest BCUT2D eigenvalue weighted by atomic mass is 10.2. The molecule has 2 aromatic rings. The highest BCUT2D eigenvalue weighted by Gasteiger charge is 2.21. The molecule has 0 spiro atoms. The lowest BCUT2D eigenvalue weighted by Crippen LogP contribution is -2.14. The minimum absolute atomic E-state index is 0.0510. The second-order valence-electron chi connectivity index (χ2n) is 4.45. The first-order chi connectivity index (χ1) is 9.95. The van der Waals surface area contributed by atoms with Gasteiger partial charge in [0.15, 0.2) is 5.69 Å². The number of aryl methyl sites for hydroxylation is 2. The fourth-order valence-electron chi connectivity index (χ4n) is 1.91. The van der Waals surface area contributed by atoms with Gasteiger partial charge in [-0.25, -0.2) is 9.18 Å². The van der Waals surface area contributed by atoms with Crippen LogP contribution in [0.2, 0.25) is 0 Å². The molecule has 0 amide bonds. The smallest absolute Gasteiger partial charge is 0.359 e. The van der Waals surface area contributed by atoms with E-state index in [0.29, 0.717) is 23.5 Å². The quantitative estimate of drug-likeness (QED) is 0.855. The summed E-state index contributed by atoms with van der Waals surface area (Å²) in [5.41, 5.74) is 7.50. The monoisotopic (exact) mass is 355 g/mol. The molecule has 112 valence electrons. The minimum Gasteiger partial charge on any atom is -0.456 e. The van der Waals surface area contributed by atoms with Crippen LogP contribution in [0.25, 0.3) is 0 Å². The number of halogens is 2. The second-order valence-corrected chi connectivity index (χ2v) is 5.25. The predicted molar refractivity (Wildman–Crippen MR) is 80.3 cm³/mol. The number of aromatic nitrogens is 2. The van der Waals surface area contributed by atoms with Crippen LogP contribution in [0.3, 0.4) is 0 Å². The molecule has 7 heteroatoms. The number of nitrogens with zero attached hydrogens (tertiary/aromatic N) is 2. The van der Waals surface area contributed by atoms with Crippen molar-refractivity contribution in [1.29, 1.82) is 0 Å². The highest BCUT2D eigenvalue weighted by Crippen LogP contribution is 2.22. The van der Waals surface area contributed by atoms with Crippen LogP contribution in [0.1, 0.15) is 28.7 Å². The van der Waals surface area contributed by atoms with E-state index in [-0.39, 0.29) is 16.8 Å². The van der Waals surface area contributed by atoms with Crippen LogP contribution >= 0.6 is 15.9 Å². The topological polar surface area (TPSA) is 70.1 Å². The molecule has 1 heterocycles. The molecule has 2 N–H and O–H groups in total. The van der Waals surface area contributed by atoms with Crippen LogP contribution in [0.15, 0.2) is 22.7 Å². The molecule has 0 saturated carbocycles. The van der Waals surface area contributed by atoms with Crippen molar-refractivity contribution in [2.24, 2.45) is 0 Å². The van der Waals surface area contributed by atoms with E-state index in [9.17, 15) is 9.18 Å². The van der Waals surface area contributed by atoms with E-state index in [1.165, 1.54) is 10.7 Å². The third kappa shape index (κ3) is 3.07. The summed E-state index contributed by atoms with van der Waals surface area (Å²) in [5.74, 6) is -0.983. The number of hydrogen-bond acceptors (Lipinski definition) is 4. The van der Waals surface area contributed by atoms with Crippen molar-refractivity contribution < 1.29 is 13.9 Å². The maximum Gasteiger partial charge on any atom is 0.359 e. The zero-order chi connectivity index (χ0) is 15.6. The Kier molecular flexibility index (Phi) is 4.62. The van der Waals surface area contributed by atoms with Crippen molar-refractivity contribution in [2.45, 2.75) is 27.0 Å². The summed E-state index contributed by atoms with van der Waals surface area (Å²) < 4.78 is 20.4. The summed E-state index contributed by atoms with van der Waals surface area (Å²) in [6.45, 7) is 4.03. The number of carbonyl (C=O) groups is 1. The number of esters is 1. The molecule has 0 unspecified atom stereocenters. The Labute approximate surface area is 130 Å². The zero-order valence-corrected chi connectivity index (χ0v) is 13.3. The van der Waals surface area contributed by atoms with Crippen molar-refractivity contribution in [1.82, 2.24) is 9.78 Å². The summed E-state index contributed by atoms with van der Waals surface area (Å²) in [6, 6.07) is 4.55. The standard InChI is InChI=1S/C14H15BrFN3O2/c1-3-19-13(12(17)8(2)18-19)14(20)21-7-9-5-4-6-10(16)11(9)15/h4-6H,3,7,17H2,1-2H3. The van der Waals surface area contributed by atoms with Gasteiger partial charge in [-0.1, -0.05) is 12.1 Å². The van der Waals surface area contributed by atoms with Crippen molar-refractivity contribution in [2.75, 3.05) is 5.73 Å². The summed E-state index contributed by atoms with van der Waals surface area (Å²) in [6.07, 6.45) is 0. The van der Waals surface area contributed by atoms with Crippen molar-refractivity contribution in [3.8, 4) is 0 Å². The zero-order valence-electron chi connectivity index (χ0n) is 11.7. The highest BCUT2D eigenvalue weighted by atomic mass is 79.9. The summed E-state index contributed by atoms with van der Waals surface area (Å²) in [7, 11) is 0. The minimum atomic E-state index is -0.578. The van der Waals surface area contributed by atoms with Gasteiger partial charge in [-0.05, 0) is 35.8 Å². The molecule has 0 aliphatic rings. The molecule has 0 bridgehead atoms. The van der Waals surface area contributed by atoms with E-state index in [0.717, 1.165) is 0 Å². The molecule has 0 saturated heterocycles. The fraction of sp³-hybridized carbons (Fsp3) is 0.286. The maximum absolute atomic E-state index is 13.4. The van der Waals surface area contributed by atoms with Crippen LogP contribution in [-0.2, 0) is 17.9 Å². The first kappa shape index (κ1) is 15.5. The van der Waals surface area contributed by atoms with Gasteiger partial charge in [-0.2, -0.15) is 5.10 Å². The fourth-order valence-corrected chi connectivity index (χ4v) is 2.29. The van der Waals surface area contributed by atoms with Crippen LogP contribution in [0.4, 0.5) is 10.1 Å². The molecule has 5 nitrogen and oxygen atoms in total. The average molecular weight is 356 g/mol. The van der Waals surface area contributed by atoms with E-state index >= 15 is 0 Å². The first-order valence-corrected chi connectivity index (χ1v) is 7.17. The number of nitrogen functional groups attached to an aromatic ring is 1. The molecule has 0 atom stereocenters. The summed E-state index contributed by atoms with van der Waals surface area (Å²) in [5, 5.41) is 4.16. The van der Waals surface area contributed by atoms with Gasteiger partial charge >= 0.3 is 5.97 Å². The molecular formula is C14H15BrFN3O2. The number of hydrogen-bond donors (Lipinski definition) is 1. The van der Waals surface area contributed by atoms with Crippen molar-refractivity contribution in [3.05, 3.63) is 45.4 Å². The van der Waals surface area contributed by atoms with Crippen molar-refractivity contribution >= 4 is 27.6 Å². The number of anilines is 1. The van der Waals surface area contributed by atoms with Crippen LogP contribution in [-0.4, -0.2) is 15.7 Å². The molecule has 21 heavy (non-hydrogen) atoms. The van der Waals surface area contributed by atoms with E-state index < -0.39 is 11.8 Å². The molecule has 1 aromatic heterocycles. The number of rotatable bonds is 4. The van der Waals surface area contributed by atoms with Gasteiger partial charge < -0.3 is 10.5 Å². The maximum atomic E-state index is 13.4. The van der Waals surface area contributed by atoms with E-state index in [2.05, 4.69) is 21.0 Å². The number of nitrogens with two attached hydrogens (primary N) is 1. The largest absolute Gasteiger partial charge is 0.456 e. The molecule has 0 aliphatic heterocycles. The molecular weight excluding hydrogens is 341 g/mol. The normalized spacial score (nSPS) is 10.7. The van der Waals surface area contributed by atoms with Crippen LogP contribution in [0.5, 0.6) is 0 Å². The Balaban J connectivity index is 2.18. The van der Waals surface area contributed by atoms with Gasteiger partial charge in [0.1, 0.15) is 12.4 Å². The molecule has 0 fully saturated rings. The summed E-state index contributed by atoms with van der Waals surface area (Å²) in [4.78, 5) is 12.2. The van der Waals surface area contributed by atoms with Gasteiger partial charge in [0.2, 0.25) is 0 Å². The number of benzene rings is 1. The highest BCUT2D eigenvalue weighted by molar-refractivity contribution is 9.10. The molecule has 1 aromatic carbocycles. The number of carbonyl (C=O) groups excluding carboxylic acids is 1. The Morgan fingerprint density at radius 3 is 2.90 bits per heavy atom. The van der Waals surface area contributed by atoms with Crippen molar-refractivity contribution in [3.63, 3.8) is 0 Å². The molecule has 0 radical (unpaired) electrons. The Hall–Kier alpha value is -1.89. The average Bonchev–Trinajstić information content (AvgIpc) is 2.75. The van der Waals surface area contributed by atoms with Gasteiger partial charge in [0.05, 0.1) is 15.9 Å². The molecule has 0 aliphatic carbocycles. The van der Waals surface area contributed by atoms with E-state index in [1.807, 2.05) is 6.92 Å². The van der Waals surface area contributed by atoms with Gasteiger partial charge in [0, 0.05) is 12.1 Å². The van der Waals surface area contributed by atoms with Gasteiger partial charge in [0.25, 0.3) is 0 Å². The third-order valence-electron chi connectivity index (χ3n) is 3.06. The van der Waals surface area contributed by atoms with Gasteiger partial charge in [-0.15, -0.1) is 0 Å². The Morgan fingerprint density at radius 1 is 1.52 bits per heavy atom. The third-order valence-corrected chi connectivity index (χ3v) is 3.95. The predicted octanol–water partition coefficient (Wildman–Crippen LogP) is 3.05. The first-order valence-electron chi connectivity index (χ1n) is 6.38. The summed E-state index contributed by atoms with van der Waals surface area (Å²) >= 11 is 3.12. The molecule has 2 rings (SSSR count). The lowest BCUT2D eigenvalue weighted by Gasteiger charge is -2.08. The van der Waals surface area contributed by atoms with Crippen LogP contribution < -0.4 is 5.73 Å². The number of ether oxygens (including phenoxy) is 1. The van der Waals surface area contributed by atoms with Crippen LogP contribution in [0, 0.1) is 12.7 Å². The van der Waals surface area contributed by atoms with E-state index in [1.54, 1.807) is 19.1 Å². The lowest BCUT2D eigenvalue weighted by molar-refractivity contribution is 0.0458. The second kappa shape index (κ2) is 6.26. The SMILES string of the molecule is CCn1nc(C)c(N)c1C(=O)OCc1cccc(F)c1Br.